The van der Waals surface area contributed by atoms with Crippen LogP contribution in [0.2, 0.25) is 0 Å². The van der Waals surface area contributed by atoms with Crippen LogP contribution in [0.3, 0.4) is 0 Å². The monoisotopic (exact) mass is 535 g/mol. The summed E-state index contributed by atoms with van der Waals surface area (Å²) >= 11 is 3.79. The fourth-order valence-electron chi connectivity index (χ4n) is 8.10. The van der Waals surface area contributed by atoms with Gasteiger partial charge >= 0.3 is 178 Å². The molecule has 4 saturated carbocycles. The molecule has 4 aliphatic carbocycles. The fraction of sp³-hybridized carbons (Fsp3) is 0.955. The van der Waals surface area contributed by atoms with Crippen LogP contribution in [0.25, 0.3) is 0 Å². The van der Waals surface area contributed by atoms with Gasteiger partial charge in [0.25, 0.3) is 0 Å². The van der Waals surface area contributed by atoms with E-state index in [0.717, 1.165) is 50.3 Å². The van der Waals surface area contributed by atoms with Crippen LogP contribution in [0.15, 0.2) is 0 Å². The van der Waals surface area contributed by atoms with Crippen molar-refractivity contribution in [3.8, 4) is 0 Å². The zero-order chi connectivity index (χ0) is 18.3. The van der Waals surface area contributed by atoms with Gasteiger partial charge in [0.2, 0.25) is 0 Å². The van der Waals surface area contributed by atoms with Gasteiger partial charge in [-0.1, -0.05) is 0 Å². The minimum atomic E-state index is -0.416. The maximum absolute atomic E-state index is 12.9. The average molecular weight is 536 g/mol. The quantitative estimate of drug-likeness (QED) is 0.429. The Morgan fingerprint density at radius 1 is 1.12 bits per heavy atom. The summed E-state index contributed by atoms with van der Waals surface area (Å²) in [6, 6.07) is 0. The zero-order valence-electron chi connectivity index (χ0n) is 16.1. The number of aliphatic hydroxyl groups is 1. The van der Waals surface area contributed by atoms with E-state index in [1.54, 1.807) is 0 Å². The molecule has 1 N–H and O–H groups in total. The molecule has 0 aromatic carbocycles. The van der Waals surface area contributed by atoms with E-state index in [0.29, 0.717) is 17.0 Å². The first-order valence-corrected chi connectivity index (χ1v) is 14.4. The molecule has 0 radical (unpaired) electrons. The number of carbonyl (C=O) groups is 1. The van der Waals surface area contributed by atoms with E-state index in [2.05, 4.69) is 29.8 Å². The van der Waals surface area contributed by atoms with E-state index in [4.69, 9.17) is 0 Å². The van der Waals surface area contributed by atoms with Gasteiger partial charge in [0.15, 0.2) is 0 Å². The first kappa shape index (κ1) is 18.8. The van der Waals surface area contributed by atoms with Gasteiger partial charge in [-0.2, -0.15) is 0 Å². The Morgan fingerprint density at radius 3 is 2.65 bits per heavy atom. The second-order valence-electron chi connectivity index (χ2n) is 10.6. The minimum absolute atomic E-state index is 0.288. The predicted octanol–water partition coefficient (Wildman–Crippen LogP) is 1.42. The third-order valence-electron chi connectivity index (χ3n) is 9.25. The number of rotatable bonds is 2. The number of carbonyl (C=O) groups excluding carboxylic acids is 1. The first-order chi connectivity index (χ1) is 12.3. The summed E-state index contributed by atoms with van der Waals surface area (Å²) in [6.45, 7) is 4.57. The van der Waals surface area contributed by atoms with Gasteiger partial charge in [-0.25, -0.2) is 0 Å². The van der Waals surface area contributed by atoms with E-state index < -0.39 is 5.60 Å². The molecule has 148 valence electrons. The molecule has 26 heavy (non-hydrogen) atoms. The third kappa shape index (κ3) is 2.81. The second kappa shape index (κ2) is 6.42. The average Bonchev–Trinajstić information content (AvgIpc) is 3.36. The van der Waals surface area contributed by atoms with Crippen molar-refractivity contribution < 1.29 is 31.1 Å². The number of alkyl halides is 3. The molecule has 0 unspecified atom stereocenters. The van der Waals surface area contributed by atoms with Crippen LogP contribution in [-0.2, 0) is 4.79 Å². The molecular formula is C22H33BrIO2-. The van der Waals surface area contributed by atoms with Gasteiger partial charge in [0, 0.05) is 0 Å². The summed E-state index contributed by atoms with van der Waals surface area (Å²) in [7, 11) is 0. The normalized spacial score (nSPS) is 58.3. The molecule has 0 spiro atoms. The summed E-state index contributed by atoms with van der Waals surface area (Å²) in [4.78, 5) is 12.9. The van der Waals surface area contributed by atoms with Crippen molar-refractivity contribution >= 4 is 21.7 Å². The number of halogens is 2. The van der Waals surface area contributed by atoms with Gasteiger partial charge in [-0.05, 0) is 0 Å². The summed E-state index contributed by atoms with van der Waals surface area (Å²) in [5.41, 5.74) is -0.127. The Bertz CT molecular complexity index is 607. The first-order valence-electron chi connectivity index (χ1n) is 10.8. The Labute approximate surface area is 177 Å². The predicted molar refractivity (Wildman–Crippen MR) is 103 cm³/mol. The van der Waals surface area contributed by atoms with Gasteiger partial charge in [-0.15, -0.1) is 0 Å². The summed E-state index contributed by atoms with van der Waals surface area (Å²) < 4.78 is 1.78. The van der Waals surface area contributed by atoms with Crippen molar-refractivity contribution in [2.45, 2.75) is 78.7 Å². The molecule has 10 atom stereocenters. The van der Waals surface area contributed by atoms with E-state index in [-0.39, 0.29) is 26.6 Å². The standard InChI is InChI=1S/C22H33BrIO2/c1-21(26)7-5-13-12(10-21)3-4-15-14(13)6-8-22(2)16(15)9-17-20(24-17)19(22)18(25)11-23/h12-17,19-20,26H,3-11H2,1-2H3/q-1/t12-,13+,14-,15-,16+,17-,19+,20-,21-,22+/m1/s1. The van der Waals surface area contributed by atoms with Crippen LogP contribution >= 0.6 is 15.9 Å². The SMILES string of the molecule is C[C@@]1(O)CC[C@H]2[C@H](CC[C@@H]3[C@@H]2CC[C@@]2(C)[C@H]3C[C@H]3[I-][C@H]3[C@@H]2C(=O)CBr)C1. The molecule has 0 bridgehead atoms. The van der Waals surface area contributed by atoms with E-state index in [1.165, 1.54) is 38.5 Å². The molecule has 1 saturated heterocycles. The van der Waals surface area contributed by atoms with Crippen LogP contribution in [0.4, 0.5) is 0 Å². The molecule has 5 aliphatic rings. The number of hydrogen-bond donors (Lipinski definition) is 1. The Balaban J connectivity index is 1.41. The molecule has 4 heteroatoms. The van der Waals surface area contributed by atoms with Crippen LogP contribution in [0.5, 0.6) is 0 Å². The third-order valence-corrected chi connectivity index (χ3v) is 13.6. The summed E-state index contributed by atoms with van der Waals surface area (Å²) in [5, 5.41) is 11.1. The van der Waals surface area contributed by atoms with Crippen molar-refractivity contribution in [2.75, 3.05) is 5.33 Å². The second-order valence-corrected chi connectivity index (χ2v) is 14.9. The Morgan fingerprint density at radius 2 is 1.88 bits per heavy atom. The van der Waals surface area contributed by atoms with E-state index in [9.17, 15) is 9.90 Å². The Hall–Kier alpha value is 0.840. The van der Waals surface area contributed by atoms with Crippen molar-refractivity contribution in [3.63, 3.8) is 0 Å². The molecule has 2 nitrogen and oxygen atoms in total. The van der Waals surface area contributed by atoms with E-state index >= 15 is 0 Å². The van der Waals surface area contributed by atoms with Gasteiger partial charge in [0.1, 0.15) is 0 Å². The number of Topliss-reactive ketones (excluding diaryl/α,β-unsaturated/α-hetero) is 1. The number of ketones is 1. The maximum atomic E-state index is 12.9. The van der Waals surface area contributed by atoms with Gasteiger partial charge in [0.05, 0.1) is 0 Å². The molecule has 0 amide bonds. The van der Waals surface area contributed by atoms with Crippen molar-refractivity contribution in [1.82, 2.24) is 0 Å². The van der Waals surface area contributed by atoms with Crippen molar-refractivity contribution in [2.24, 2.45) is 40.9 Å². The zero-order valence-corrected chi connectivity index (χ0v) is 19.8. The van der Waals surface area contributed by atoms with Crippen LogP contribution in [0, 0.1) is 40.9 Å². The Kier molecular flexibility index (Phi) is 4.65. The topological polar surface area (TPSA) is 37.3 Å². The van der Waals surface area contributed by atoms with Crippen LogP contribution in [-0.4, -0.2) is 29.7 Å². The molecule has 5 fully saturated rings. The van der Waals surface area contributed by atoms with Crippen molar-refractivity contribution in [3.05, 3.63) is 0 Å². The molecule has 0 aromatic rings. The van der Waals surface area contributed by atoms with Crippen molar-refractivity contribution in [1.29, 1.82) is 0 Å². The van der Waals surface area contributed by atoms with Crippen LogP contribution < -0.4 is 21.2 Å². The molecule has 5 rings (SSSR count). The van der Waals surface area contributed by atoms with Crippen LogP contribution in [0.1, 0.15) is 65.2 Å². The molecule has 1 aliphatic heterocycles. The van der Waals surface area contributed by atoms with E-state index in [1.807, 2.05) is 0 Å². The fourth-order valence-corrected chi connectivity index (χ4v) is 12.5. The van der Waals surface area contributed by atoms with Gasteiger partial charge in [-0.3, -0.25) is 0 Å². The molecular weight excluding hydrogens is 503 g/mol. The number of hydrogen-bond acceptors (Lipinski definition) is 2. The molecule has 1 heterocycles. The summed E-state index contributed by atoms with van der Waals surface area (Å²) in [5.74, 6) is 5.07. The molecule has 0 aromatic heterocycles. The van der Waals surface area contributed by atoms with Gasteiger partial charge < -0.3 is 0 Å². The summed E-state index contributed by atoms with van der Waals surface area (Å²) in [6.07, 6.45) is 10.1. The number of fused-ring (bicyclic) bond motifs is 6.